The third kappa shape index (κ3) is 6.60. The van der Waals surface area contributed by atoms with E-state index >= 15 is 0 Å². The number of sulfonamides is 1. The molecule has 0 spiro atoms. The Morgan fingerprint density at radius 2 is 1.65 bits per heavy atom. The highest BCUT2D eigenvalue weighted by Crippen LogP contribution is 2.08. The molecule has 0 aromatic carbocycles. The Hall–Kier alpha value is 0.160. The van der Waals surface area contributed by atoms with E-state index in [2.05, 4.69) is 18.7 Å². The number of halogens is 1. The molecule has 0 saturated heterocycles. The van der Waals surface area contributed by atoms with Gasteiger partial charge in [0.05, 0.1) is 0 Å². The lowest BCUT2D eigenvalue weighted by atomic mass is 10.2. The van der Waals surface area contributed by atoms with Crippen molar-refractivity contribution < 1.29 is 8.42 Å². The lowest BCUT2D eigenvalue weighted by Crippen LogP contribution is -2.40. The normalized spacial score (nSPS) is 12.9. The zero-order chi connectivity index (χ0) is 13.5. The number of alkyl halides is 1. The fraction of sp³-hybridized carbons (Fsp3) is 1.00. The molecular formula is C11H25ClN2O2S. The van der Waals surface area contributed by atoms with Crippen LogP contribution in [-0.4, -0.2) is 55.6 Å². The Morgan fingerprint density at radius 1 is 1.12 bits per heavy atom. The lowest BCUT2D eigenvalue weighted by molar-refractivity contribution is 0.262. The van der Waals surface area contributed by atoms with Crippen molar-refractivity contribution in [3.63, 3.8) is 0 Å². The summed E-state index contributed by atoms with van der Waals surface area (Å²) >= 11 is 5.51. The average Bonchev–Trinajstić information content (AvgIpc) is 2.28. The zero-order valence-corrected chi connectivity index (χ0v) is 12.9. The van der Waals surface area contributed by atoms with E-state index in [0.29, 0.717) is 19.0 Å². The Bertz CT molecular complexity index is 290. The molecule has 0 fully saturated rings. The third-order valence-electron chi connectivity index (χ3n) is 2.66. The molecule has 0 rings (SSSR count). The summed E-state index contributed by atoms with van der Waals surface area (Å²) < 4.78 is 25.1. The number of hydrogen-bond acceptors (Lipinski definition) is 3. The van der Waals surface area contributed by atoms with Gasteiger partial charge in [0.15, 0.2) is 0 Å². The second-order valence-corrected chi connectivity index (χ2v) is 7.05. The van der Waals surface area contributed by atoms with Crippen LogP contribution in [0, 0.1) is 5.92 Å². The minimum atomic E-state index is -3.30. The number of hydrogen-bond donors (Lipinski definition) is 0. The monoisotopic (exact) mass is 284 g/mol. The Balaban J connectivity index is 4.50. The molecule has 17 heavy (non-hydrogen) atoms. The Kier molecular flexibility index (Phi) is 8.37. The summed E-state index contributed by atoms with van der Waals surface area (Å²) in [7, 11) is -3.30. The smallest absolute Gasteiger partial charge is 0.228 e. The van der Waals surface area contributed by atoms with Crippen LogP contribution >= 0.6 is 11.6 Å². The van der Waals surface area contributed by atoms with Crippen LogP contribution in [0.3, 0.4) is 0 Å². The molecule has 0 N–H and O–H groups in total. The van der Waals surface area contributed by atoms with E-state index in [1.807, 2.05) is 13.8 Å². The molecule has 4 nitrogen and oxygen atoms in total. The third-order valence-corrected chi connectivity index (χ3v) is 4.88. The first-order valence-electron chi connectivity index (χ1n) is 6.13. The predicted octanol–water partition coefficient (Wildman–Crippen LogP) is 1.81. The van der Waals surface area contributed by atoms with Crippen LogP contribution < -0.4 is 0 Å². The SMILES string of the molecule is CCN(CC)CCN(CC(C)C)S(=O)(=O)CCl. The molecule has 6 heteroatoms. The molecule has 0 aromatic rings. The van der Waals surface area contributed by atoms with Crippen LogP contribution in [0.5, 0.6) is 0 Å². The summed E-state index contributed by atoms with van der Waals surface area (Å²) in [5.41, 5.74) is 0. The summed E-state index contributed by atoms with van der Waals surface area (Å²) in [4.78, 5) is 2.21. The highest BCUT2D eigenvalue weighted by atomic mass is 35.5. The van der Waals surface area contributed by atoms with E-state index in [1.54, 1.807) is 0 Å². The Morgan fingerprint density at radius 3 is 2.00 bits per heavy atom. The fourth-order valence-electron chi connectivity index (χ4n) is 1.61. The van der Waals surface area contributed by atoms with Crippen molar-refractivity contribution in [1.82, 2.24) is 9.21 Å². The van der Waals surface area contributed by atoms with E-state index in [4.69, 9.17) is 11.6 Å². The van der Waals surface area contributed by atoms with Crippen molar-refractivity contribution in [3.8, 4) is 0 Å². The van der Waals surface area contributed by atoms with E-state index in [1.165, 1.54) is 4.31 Å². The summed E-state index contributed by atoms with van der Waals surface area (Å²) in [5, 5.41) is -0.335. The standard InChI is InChI=1S/C11H25ClN2O2S/c1-5-13(6-2)7-8-14(9-11(3)4)17(15,16)10-12/h11H,5-10H2,1-4H3. The van der Waals surface area contributed by atoms with Crippen molar-refractivity contribution in [2.45, 2.75) is 27.7 Å². The van der Waals surface area contributed by atoms with E-state index in [0.717, 1.165) is 19.6 Å². The molecule has 0 atom stereocenters. The van der Waals surface area contributed by atoms with Crippen LogP contribution in [0.25, 0.3) is 0 Å². The van der Waals surface area contributed by atoms with Crippen LogP contribution in [0.4, 0.5) is 0 Å². The minimum Gasteiger partial charge on any atom is -0.303 e. The first-order valence-corrected chi connectivity index (χ1v) is 8.27. The summed E-state index contributed by atoms with van der Waals surface area (Å²) in [6.07, 6.45) is 0. The van der Waals surface area contributed by atoms with Gasteiger partial charge in [-0.2, -0.15) is 4.31 Å². The van der Waals surface area contributed by atoms with Gasteiger partial charge in [-0.3, -0.25) is 0 Å². The van der Waals surface area contributed by atoms with Crippen LogP contribution in [0.1, 0.15) is 27.7 Å². The maximum atomic E-state index is 11.8. The van der Waals surface area contributed by atoms with Crippen molar-refractivity contribution in [1.29, 1.82) is 0 Å². The van der Waals surface area contributed by atoms with Gasteiger partial charge in [0.1, 0.15) is 5.21 Å². The lowest BCUT2D eigenvalue weighted by Gasteiger charge is -2.26. The zero-order valence-electron chi connectivity index (χ0n) is 11.3. The highest BCUT2D eigenvalue weighted by molar-refractivity contribution is 7.90. The average molecular weight is 285 g/mol. The molecule has 0 unspecified atom stereocenters. The predicted molar refractivity (Wildman–Crippen MR) is 73.8 cm³/mol. The second-order valence-electron chi connectivity index (χ2n) is 4.50. The molecule has 0 aliphatic rings. The first-order chi connectivity index (χ1) is 7.87. The topological polar surface area (TPSA) is 40.6 Å². The van der Waals surface area contributed by atoms with Crippen LogP contribution in [0.2, 0.25) is 0 Å². The molecule has 0 heterocycles. The second kappa shape index (κ2) is 8.29. The van der Waals surface area contributed by atoms with E-state index < -0.39 is 10.0 Å². The quantitative estimate of drug-likeness (QED) is 0.607. The van der Waals surface area contributed by atoms with Crippen molar-refractivity contribution >= 4 is 21.6 Å². The largest absolute Gasteiger partial charge is 0.303 e. The van der Waals surface area contributed by atoms with E-state index in [9.17, 15) is 8.42 Å². The molecular weight excluding hydrogens is 260 g/mol. The number of rotatable bonds is 9. The van der Waals surface area contributed by atoms with Gasteiger partial charge in [-0.1, -0.05) is 27.7 Å². The van der Waals surface area contributed by atoms with Crippen molar-refractivity contribution in [3.05, 3.63) is 0 Å². The summed E-state index contributed by atoms with van der Waals surface area (Å²) in [5.74, 6) is 0.310. The summed E-state index contributed by atoms with van der Waals surface area (Å²) in [6.45, 7) is 11.9. The minimum absolute atomic E-state index is 0.310. The molecule has 0 aliphatic carbocycles. The molecule has 0 saturated carbocycles. The molecule has 0 radical (unpaired) electrons. The van der Waals surface area contributed by atoms with Gasteiger partial charge in [0, 0.05) is 19.6 Å². The maximum absolute atomic E-state index is 11.8. The van der Waals surface area contributed by atoms with Gasteiger partial charge < -0.3 is 4.90 Å². The van der Waals surface area contributed by atoms with Gasteiger partial charge in [0.25, 0.3) is 0 Å². The van der Waals surface area contributed by atoms with Crippen molar-refractivity contribution in [2.75, 3.05) is 37.9 Å². The van der Waals surface area contributed by atoms with Crippen LogP contribution in [0.15, 0.2) is 0 Å². The van der Waals surface area contributed by atoms with Gasteiger partial charge in [-0.15, -0.1) is 11.6 Å². The number of likely N-dealkylation sites (N-methyl/N-ethyl adjacent to an activating group) is 1. The molecule has 104 valence electrons. The Labute approximate surface area is 111 Å². The fourth-order valence-corrected chi connectivity index (χ4v) is 3.05. The first kappa shape index (κ1) is 17.2. The molecule has 0 amide bonds. The highest BCUT2D eigenvalue weighted by Gasteiger charge is 2.21. The molecule has 0 aliphatic heterocycles. The maximum Gasteiger partial charge on any atom is 0.228 e. The van der Waals surface area contributed by atoms with Gasteiger partial charge in [0.2, 0.25) is 10.0 Å². The van der Waals surface area contributed by atoms with Crippen molar-refractivity contribution in [2.24, 2.45) is 5.92 Å². The van der Waals surface area contributed by atoms with Gasteiger partial charge >= 0.3 is 0 Å². The summed E-state index contributed by atoms with van der Waals surface area (Å²) in [6, 6.07) is 0. The van der Waals surface area contributed by atoms with Crippen LogP contribution in [-0.2, 0) is 10.0 Å². The molecule has 0 aromatic heterocycles. The molecule has 0 bridgehead atoms. The number of nitrogens with zero attached hydrogens (tertiary/aromatic N) is 2. The van der Waals surface area contributed by atoms with Gasteiger partial charge in [-0.05, 0) is 19.0 Å². The van der Waals surface area contributed by atoms with E-state index in [-0.39, 0.29) is 5.21 Å². The van der Waals surface area contributed by atoms with Gasteiger partial charge in [-0.25, -0.2) is 8.42 Å².